The number of carbonyl (C=O) groups excluding carboxylic acids is 1. The fourth-order valence-electron chi connectivity index (χ4n) is 2.53. The van der Waals surface area contributed by atoms with E-state index in [0.717, 1.165) is 24.8 Å². The number of anilines is 1. The number of aryl methyl sites for hydroxylation is 1. The number of rotatable bonds is 3. The molecule has 98 valence electrons. The lowest BCUT2D eigenvalue weighted by Gasteiger charge is -2.15. The Balaban J connectivity index is 1.94. The summed E-state index contributed by atoms with van der Waals surface area (Å²) in [6, 6.07) is 4.50. The van der Waals surface area contributed by atoms with Gasteiger partial charge in [-0.15, -0.1) is 0 Å². The Hall–Kier alpha value is -1.42. The number of carbonyl (C=O) groups is 1. The monoisotopic (exact) mass is 250 g/mol. The third-order valence-corrected chi connectivity index (χ3v) is 3.63. The summed E-state index contributed by atoms with van der Waals surface area (Å²) in [5, 5.41) is 2.82. The highest BCUT2D eigenvalue weighted by molar-refractivity contribution is 5.91. The highest BCUT2D eigenvalue weighted by atomic mass is 19.1. The van der Waals surface area contributed by atoms with Crippen molar-refractivity contribution in [2.75, 3.05) is 5.32 Å². The van der Waals surface area contributed by atoms with Crippen molar-refractivity contribution in [1.82, 2.24) is 0 Å². The Kier molecular flexibility index (Phi) is 3.97. The molecule has 1 aromatic carbocycles. The van der Waals surface area contributed by atoms with Gasteiger partial charge in [0.15, 0.2) is 0 Å². The van der Waals surface area contributed by atoms with Crippen LogP contribution in [-0.2, 0) is 4.79 Å². The van der Waals surface area contributed by atoms with Gasteiger partial charge in [0.25, 0.3) is 0 Å². The van der Waals surface area contributed by atoms with Crippen LogP contribution in [0.3, 0.4) is 0 Å². The number of hydrogen-bond donors (Lipinski definition) is 2. The molecular weight excluding hydrogens is 231 g/mol. The van der Waals surface area contributed by atoms with Crippen LogP contribution in [0.15, 0.2) is 18.2 Å². The summed E-state index contributed by atoms with van der Waals surface area (Å²) < 4.78 is 12.9. The van der Waals surface area contributed by atoms with Gasteiger partial charge in [0, 0.05) is 18.2 Å². The minimum atomic E-state index is -0.289. The fourth-order valence-corrected chi connectivity index (χ4v) is 2.53. The Morgan fingerprint density at radius 3 is 2.89 bits per heavy atom. The molecule has 1 aliphatic rings. The highest BCUT2D eigenvalue weighted by Gasteiger charge is 2.26. The first-order chi connectivity index (χ1) is 8.56. The number of nitrogens with two attached hydrogens (primary N) is 1. The quantitative estimate of drug-likeness (QED) is 0.866. The minimum Gasteiger partial charge on any atom is -0.327 e. The molecule has 0 heterocycles. The second kappa shape index (κ2) is 5.48. The third kappa shape index (κ3) is 3.07. The Morgan fingerprint density at radius 1 is 1.50 bits per heavy atom. The first kappa shape index (κ1) is 13.0. The molecule has 18 heavy (non-hydrogen) atoms. The topological polar surface area (TPSA) is 55.1 Å². The Morgan fingerprint density at radius 2 is 2.28 bits per heavy atom. The highest BCUT2D eigenvalue weighted by Crippen LogP contribution is 2.27. The van der Waals surface area contributed by atoms with Crippen LogP contribution in [-0.4, -0.2) is 11.9 Å². The maximum atomic E-state index is 12.9. The maximum absolute atomic E-state index is 12.9. The van der Waals surface area contributed by atoms with Crippen LogP contribution in [0.25, 0.3) is 0 Å². The summed E-state index contributed by atoms with van der Waals surface area (Å²) in [4.78, 5) is 11.9. The molecule has 3 nitrogen and oxygen atoms in total. The third-order valence-electron chi connectivity index (χ3n) is 3.63. The van der Waals surface area contributed by atoms with E-state index in [2.05, 4.69) is 5.32 Å². The van der Waals surface area contributed by atoms with Crippen LogP contribution in [0.4, 0.5) is 10.1 Å². The summed E-state index contributed by atoms with van der Waals surface area (Å²) in [6.45, 7) is 1.78. The molecule has 0 radical (unpaired) electrons. The molecule has 0 bridgehead atoms. The summed E-state index contributed by atoms with van der Waals surface area (Å²) in [5.74, 6) is -0.0406. The van der Waals surface area contributed by atoms with E-state index in [4.69, 9.17) is 5.73 Å². The van der Waals surface area contributed by atoms with Gasteiger partial charge in [-0.05, 0) is 49.4 Å². The first-order valence-electron chi connectivity index (χ1n) is 6.38. The molecule has 4 heteroatoms. The molecule has 0 unspecified atom stereocenters. The van der Waals surface area contributed by atoms with Gasteiger partial charge in [-0.1, -0.05) is 6.42 Å². The van der Waals surface area contributed by atoms with Crippen molar-refractivity contribution in [1.29, 1.82) is 0 Å². The lowest BCUT2D eigenvalue weighted by Crippen LogP contribution is -2.28. The van der Waals surface area contributed by atoms with Crippen LogP contribution in [0.1, 0.15) is 31.2 Å². The zero-order valence-electron chi connectivity index (χ0n) is 10.6. The SMILES string of the molecule is Cc1cc(F)ccc1NC(=O)C[C@@H]1CCC[C@H]1N. The molecular formula is C14H19FN2O. The Labute approximate surface area is 107 Å². The van der Waals surface area contributed by atoms with Gasteiger partial charge in [-0.25, -0.2) is 4.39 Å². The van der Waals surface area contributed by atoms with Gasteiger partial charge in [0.05, 0.1) is 0 Å². The molecule has 1 saturated carbocycles. The summed E-state index contributed by atoms with van der Waals surface area (Å²) in [5.41, 5.74) is 7.35. The number of amides is 1. The molecule has 1 aromatic rings. The molecule has 3 N–H and O–H groups in total. The van der Waals surface area contributed by atoms with E-state index >= 15 is 0 Å². The molecule has 0 saturated heterocycles. The molecule has 1 aliphatic carbocycles. The lowest BCUT2D eigenvalue weighted by atomic mass is 10.00. The predicted molar refractivity (Wildman–Crippen MR) is 69.7 cm³/mol. The summed E-state index contributed by atoms with van der Waals surface area (Å²) in [7, 11) is 0. The van der Waals surface area contributed by atoms with Crippen molar-refractivity contribution in [3.8, 4) is 0 Å². The van der Waals surface area contributed by atoms with E-state index < -0.39 is 0 Å². The number of halogens is 1. The van der Waals surface area contributed by atoms with Gasteiger partial charge in [-0.3, -0.25) is 4.79 Å². The Bertz CT molecular complexity index is 447. The smallest absolute Gasteiger partial charge is 0.224 e. The van der Waals surface area contributed by atoms with Gasteiger partial charge < -0.3 is 11.1 Å². The zero-order chi connectivity index (χ0) is 13.1. The van der Waals surface area contributed by atoms with Gasteiger partial charge in [0.2, 0.25) is 5.91 Å². The average molecular weight is 250 g/mol. The van der Waals surface area contributed by atoms with Crippen molar-refractivity contribution < 1.29 is 9.18 Å². The average Bonchev–Trinajstić information content (AvgIpc) is 2.69. The van der Waals surface area contributed by atoms with Crippen molar-refractivity contribution in [3.63, 3.8) is 0 Å². The molecule has 0 aromatic heterocycles. The van der Waals surface area contributed by atoms with Crippen LogP contribution < -0.4 is 11.1 Å². The molecule has 1 fully saturated rings. The number of nitrogens with one attached hydrogen (secondary N) is 1. The van der Waals surface area contributed by atoms with Crippen molar-refractivity contribution in [3.05, 3.63) is 29.6 Å². The minimum absolute atomic E-state index is 0.0351. The van der Waals surface area contributed by atoms with Gasteiger partial charge >= 0.3 is 0 Å². The van der Waals surface area contributed by atoms with Crippen LogP contribution in [0.5, 0.6) is 0 Å². The van der Waals surface area contributed by atoms with E-state index in [-0.39, 0.29) is 23.7 Å². The lowest BCUT2D eigenvalue weighted by molar-refractivity contribution is -0.117. The second-order valence-electron chi connectivity index (χ2n) is 5.07. The maximum Gasteiger partial charge on any atom is 0.224 e. The van der Waals surface area contributed by atoms with Gasteiger partial charge in [0.1, 0.15) is 5.82 Å². The van der Waals surface area contributed by atoms with Crippen LogP contribution in [0.2, 0.25) is 0 Å². The van der Waals surface area contributed by atoms with Crippen molar-refractivity contribution in [2.24, 2.45) is 11.7 Å². The number of benzene rings is 1. The van der Waals surface area contributed by atoms with E-state index in [1.807, 2.05) is 0 Å². The van der Waals surface area contributed by atoms with E-state index in [1.54, 1.807) is 13.0 Å². The molecule has 0 aliphatic heterocycles. The molecule has 2 atom stereocenters. The predicted octanol–water partition coefficient (Wildman–Crippen LogP) is 2.59. The van der Waals surface area contributed by atoms with E-state index in [1.165, 1.54) is 12.1 Å². The second-order valence-corrected chi connectivity index (χ2v) is 5.07. The first-order valence-corrected chi connectivity index (χ1v) is 6.38. The standard InChI is InChI=1S/C14H19FN2O/c1-9-7-11(15)5-6-13(9)17-14(18)8-10-3-2-4-12(10)16/h5-7,10,12H,2-4,8,16H2,1H3,(H,17,18)/t10-,12+/m0/s1. The van der Waals surface area contributed by atoms with Crippen molar-refractivity contribution >= 4 is 11.6 Å². The summed E-state index contributed by atoms with van der Waals surface area (Å²) >= 11 is 0. The molecule has 2 rings (SSSR count). The molecule has 0 spiro atoms. The van der Waals surface area contributed by atoms with Crippen LogP contribution >= 0.6 is 0 Å². The van der Waals surface area contributed by atoms with Crippen LogP contribution in [0, 0.1) is 18.7 Å². The van der Waals surface area contributed by atoms with Gasteiger partial charge in [-0.2, -0.15) is 0 Å². The summed E-state index contributed by atoms with van der Waals surface area (Å²) in [6.07, 6.45) is 3.59. The number of hydrogen-bond acceptors (Lipinski definition) is 2. The van der Waals surface area contributed by atoms with E-state index in [0.29, 0.717) is 12.1 Å². The molecule has 1 amide bonds. The van der Waals surface area contributed by atoms with Crippen molar-refractivity contribution in [2.45, 2.75) is 38.6 Å². The normalized spacial score (nSPS) is 23.1. The zero-order valence-corrected chi connectivity index (χ0v) is 10.6. The largest absolute Gasteiger partial charge is 0.327 e. The van der Waals surface area contributed by atoms with E-state index in [9.17, 15) is 9.18 Å². The fraction of sp³-hybridized carbons (Fsp3) is 0.500.